The molecule has 2 nitrogen and oxygen atoms in total. The van der Waals surface area contributed by atoms with Gasteiger partial charge in [0.2, 0.25) is 0 Å². The molecule has 0 spiro atoms. The third-order valence-electron chi connectivity index (χ3n) is 13.6. The van der Waals surface area contributed by atoms with Gasteiger partial charge in [0.25, 0.3) is 0 Å². The molecular formula is C62H36O2. The molecule has 296 valence electrons. The molecule has 2 heterocycles. The van der Waals surface area contributed by atoms with Crippen molar-refractivity contribution in [1.29, 1.82) is 0 Å². The minimum atomic E-state index is 0.777. The highest BCUT2D eigenvalue weighted by atomic mass is 16.4. The second-order valence-electron chi connectivity index (χ2n) is 17.1. The monoisotopic (exact) mass is 812 g/mol. The first kappa shape index (κ1) is 35.2. The minimum Gasteiger partial charge on any atom is -0.452 e. The van der Waals surface area contributed by atoms with Gasteiger partial charge in [-0.25, -0.2) is 0 Å². The van der Waals surface area contributed by atoms with E-state index in [9.17, 15) is 0 Å². The van der Waals surface area contributed by atoms with Crippen LogP contribution >= 0.6 is 0 Å². The van der Waals surface area contributed by atoms with Crippen LogP contribution in [0.25, 0.3) is 142 Å². The molecule has 0 saturated heterocycles. The second-order valence-corrected chi connectivity index (χ2v) is 17.1. The SMILES string of the molecule is c1cc(-c2cccc(-c3ccc4c5ccccc5c5ccccc5c4c3)c2)cc(-c2ccc3oc4c(ccc5c6cc(-c7cc8ccccc8c8ccccc78)ccc6oc54)c3c2)c1. The Labute approximate surface area is 367 Å². The predicted molar refractivity (Wildman–Crippen MR) is 270 cm³/mol. The van der Waals surface area contributed by atoms with Crippen molar-refractivity contribution < 1.29 is 8.83 Å². The van der Waals surface area contributed by atoms with Crippen LogP contribution in [0, 0.1) is 0 Å². The summed E-state index contributed by atoms with van der Waals surface area (Å²) < 4.78 is 13.3. The van der Waals surface area contributed by atoms with Crippen molar-refractivity contribution in [2.75, 3.05) is 0 Å². The van der Waals surface area contributed by atoms with Crippen LogP contribution in [0.15, 0.2) is 227 Å². The highest BCUT2D eigenvalue weighted by molar-refractivity contribution is 6.26. The summed E-state index contributed by atoms with van der Waals surface area (Å²) in [6.45, 7) is 0. The van der Waals surface area contributed by atoms with Crippen LogP contribution in [-0.4, -0.2) is 0 Å². The normalized spacial score (nSPS) is 12.1. The molecule has 0 N–H and O–H groups in total. The molecule has 12 aromatic carbocycles. The summed E-state index contributed by atoms with van der Waals surface area (Å²) >= 11 is 0. The molecular weight excluding hydrogens is 777 g/mol. The predicted octanol–water partition coefficient (Wildman–Crippen LogP) is 17.9. The molecule has 0 fully saturated rings. The van der Waals surface area contributed by atoms with Crippen molar-refractivity contribution in [3.8, 4) is 44.5 Å². The number of furan rings is 2. The van der Waals surface area contributed by atoms with Gasteiger partial charge in [0.05, 0.1) is 0 Å². The zero-order valence-corrected chi connectivity index (χ0v) is 34.6. The van der Waals surface area contributed by atoms with E-state index >= 15 is 0 Å². The van der Waals surface area contributed by atoms with Gasteiger partial charge in [-0.1, -0.05) is 158 Å². The van der Waals surface area contributed by atoms with E-state index in [2.05, 4.69) is 218 Å². The lowest BCUT2D eigenvalue weighted by atomic mass is 9.91. The van der Waals surface area contributed by atoms with E-state index < -0.39 is 0 Å². The fraction of sp³-hybridized carbons (Fsp3) is 0. The van der Waals surface area contributed by atoms with Crippen molar-refractivity contribution in [3.63, 3.8) is 0 Å². The molecule has 14 rings (SSSR count). The minimum absolute atomic E-state index is 0.777. The van der Waals surface area contributed by atoms with Crippen LogP contribution in [0.5, 0.6) is 0 Å². The van der Waals surface area contributed by atoms with Crippen molar-refractivity contribution >= 4 is 97.7 Å². The molecule has 0 amide bonds. The van der Waals surface area contributed by atoms with Crippen LogP contribution in [0.4, 0.5) is 0 Å². The maximum Gasteiger partial charge on any atom is 0.178 e. The molecule has 14 aromatic rings. The number of hydrogen-bond acceptors (Lipinski definition) is 2. The van der Waals surface area contributed by atoms with Gasteiger partial charge in [-0.05, 0) is 159 Å². The van der Waals surface area contributed by atoms with Gasteiger partial charge >= 0.3 is 0 Å². The third kappa shape index (κ3) is 5.27. The van der Waals surface area contributed by atoms with Crippen molar-refractivity contribution in [3.05, 3.63) is 218 Å². The average Bonchev–Trinajstić information content (AvgIpc) is 3.94. The first-order chi connectivity index (χ1) is 31.7. The van der Waals surface area contributed by atoms with E-state index in [0.29, 0.717) is 0 Å². The number of rotatable bonds is 4. The Morgan fingerprint density at radius 3 is 1.14 bits per heavy atom. The maximum absolute atomic E-state index is 6.63. The van der Waals surface area contributed by atoms with Crippen LogP contribution < -0.4 is 0 Å². The van der Waals surface area contributed by atoms with E-state index in [1.165, 1.54) is 81.7 Å². The standard InChI is InChI=1S/C62H36O2/c1-2-16-45-43(11-1)35-55(50-21-7-3-17-46(45)50)44-25-30-60-58(36-44)54-28-27-53-57-34-42(24-29-59(57)63-61(53)62(54)64-60)40-15-10-13-38(32-40)37-12-9-14-39(31-37)41-23-26-52-49-20-5-4-18-47(49)48-19-6-8-22-51(48)56(52)33-41/h1-36H. The zero-order chi connectivity index (χ0) is 41.9. The molecule has 2 heteroatoms. The van der Waals surface area contributed by atoms with Crippen molar-refractivity contribution in [1.82, 2.24) is 0 Å². The second kappa shape index (κ2) is 13.5. The lowest BCUT2D eigenvalue weighted by molar-refractivity contribution is 0.633. The summed E-state index contributed by atoms with van der Waals surface area (Å²) in [5.74, 6) is 0. The lowest BCUT2D eigenvalue weighted by Crippen LogP contribution is -1.86. The van der Waals surface area contributed by atoms with E-state index in [4.69, 9.17) is 8.83 Å². The molecule has 0 radical (unpaired) electrons. The van der Waals surface area contributed by atoms with Crippen LogP contribution in [0.1, 0.15) is 0 Å². The van der Waals surface area contributed by atoms with Gasteiger partial charge in [-0.2, -0.15) is 0 Å². The van der Waals surface area contributed by atoms with E-state index in [-0.39, 0.29) is 0 Å². The topological polar surface area (TPSA) is 26.3 Å². The average molecular weight is 813 g/mol. The summed E-state index contributed by atoms with van der Waals surface area (Å²) in [6, 6.07) is 79.4. The van der Waals surface area contributed by atoms with Gasteiger partial charge < -0.3 is 8.83 Å². The first-order valence-electron chi connectivity index (χ1n) is 22.0. The Balaban J connectivity index is 0.830. The lowest BCUT2D eigenvalue weighted by Gasteiger charge is -2.13. The molecule has 0 aliphatic carbocycles. The largest absolute Gasteiger partial charge is 0.452 e. The molecule has 0 atom stereocenters. The van der Waals surface area contributed by atoms with Gasteiger partial charge in [0.1, 0.15) is 11.2 Å². The Morgan fingerprint density at radius 1 is 0.203 bits per heavy atom. The highest BCUT2D eigenvalue weighted by Crippen LogP contribution is 2.43. The molecule has 0 aliphatic heterocycles. The number of benzene rings is 12. The number of hydrogen-bond donors (Lipinski definition) is 0. The van der Waals surface area contributed by atoms with Gasteiger partial charge in [-0.15, -0.1) is 0 Å². The fourth-order valence-corrected chi connectivity index (χ4v) is 10.6. The molecule has 64 heavy (non-hydrogen) atoms. The van der Waals surface area contributed by atoms with Crippen molar-refractivity contribution in [2.45, 2.75) is 0 Å². The summed E-state index contributed by atoms with van der Waals surface area (Å²) in [5, 5.41) is 17.0. The van der Waals surface area contributed by atoms with E-state index in [1.807, 2.05) is 0 Å². The van der Waals surface area contributed by atoms with E-state index in [1.54, 1.807) is 0 Å². The first-order valence-corrected chi connectivity index (χ1v) is 22.0. The molecule has 0 unspecified atom stereocenters. The van der Waals surface area contributed by atoms with Crippen LogP contribution in [0.2, 0.25) is 0 Å². The fourth-order valence-electron chi connectivity index (χ4n) is 10.6. The van der Waals surface area contributed by atoms with Crippen molar-refractivity contribution in [2.24, 2.45) is 0 Å². The summed E-state index contributed by atoms with van der Waals surface area (Å²) in [5.41, 5.74) is 12.7. The van der Waals surface area contributed by atoms with Crippen LogP contribution in [-0.2, 0) is 0 Å². The van der Waals surface area contributed by atoms with Gasteiger partial charge in [0, 0.05) is 21.5 Å². The molecule has 2 aromatic heterocycles. The Morgan fingerprint density at radius 2 is 0.578 bits per heavy atom. The Kier molecular flexibility index (Phi) is 7.43. The van der Waals surface area contributed by atoms with Crippen LogP contribution in [0.3, 0.4) is 0 Å². The third-order valence-corrected chi connectivity index (χ3v) is 13.6. The quantitative estimate of drug-likeness (QED) is 0.166. The van der Waals surface area contributed by atoms with Gasteiger partial charge in [0.15, 0.2) is 11.2 Å². The maximum atomic E-state index is 6.63. The summed E-state index contributed by atoms with van der Waals surface area (Å²) in [4.78, 5) is 0. The summed E-state index contributed by atoms with van der Waals surface area (Å²) in [6.07, 6.45) is 0. The Bertz CT molecular complexity index is 4220. The molecule has 0 aliphatic rings. The number of fused-ring (bicyclic) bond motifs is 16. The zero-order valence-electron chi connectivity index (χ0n) is 34.6. The smallest absolute Gasteiger partial charge is 0.178 e. The Hall–Kier alpha value is -8.46. The molecule has 0 saturated carbocycles. The molecule has 0 bridgehead atoms. The van der Waals surface area contributed by atoms with Gasteiger partial charge in [-0.3, -0.25) is 0 Å². The highest BCUT2D eigenvalue weighted by Gasteiger charge is 2.19. The van der Waals surface area contributed by atoms with E-state index in [0.717, 1.165) is 60.6 Å². The summed E-state index contributed by atoms with van der Waals surface area (Å²) in [7, 11) is 0.